The lowest BCUT2D eigenvalue weighted by Gasteiger charge is -2.39. The van der Waals surface area contributed by atoms with Crippen LogP contribution in [0.4, 0.5) is 5.69 Å². The van der Waals surface area contributed by atoms with Crippen molar-refractivity contribution < 1.29 is 19.0 Å². The van der Waals surface area contributed by atoms with Gasteiger partial charge < -0.3 is 19.5 Å². The van der Waals surface area contributed by atoms with E-state index in [1.807, 2.05) is 42.5 Å². The highest BCUT2D eigenvalue weighted by molar-refractivity contribution is 6.01. The number of Topliss-reactive ketones (excluding diaryl/α,β-unsaturated/α-hetero) is 1. The fraction of sp³-hybridized carbons (Fsp3) is 0.276. The molecule has 1 unspecified atom stereocenters. The van der Waals surface area contributed by atoms with E-state index >= 15 is 0 Å². The molecular formula is C29H27NO4. The van der Waals surface area contributed by atoms with Crippen LogP contribution < -0.4 is 19.5 Å². The third-order valence-electron chi connectivity index (χ3n) is 6.79. The van der Waals surface area contributed by atoms with E-state index in [-0.39, 0.29) is 23.9 Å². The normalized spacial score (nSPS) is 19.8. The van der Waals surface area contributed by atoms with Gasteiger partial charge in [0.05, 0.1) is 0 Å². The Morgan fingerprint density at radius 1 is 0.971 bits per heavy atom. The Bertz CT molecular complexity index is 1310. The Morgan fingerprint density at radius 2 is 1.76 bits per heavy atom. The molecule has 2 heterocycles. The third-order valence-corrected chi connectivity index (χ3v) is 6.79. The molecule has 3 aromatic carbocycles. The Kier molecular flexibility index (Phi) is 4.87. The number of ketones is 1. The van der Waals surface area contributed by atoms with Crippen LogP contribution in [0.25, 0.3) is 0 Å². The molecule has 0 saturated carbocycles. The number of carbonyl (C=O) groups excluding carboxylic acids is 1. The average molecular weight is 454 g/mol. The monoisotopic (exact) mass is 453 g/mol. The van der Waals surface area contributed by atoms with Crippen molar-refractivity contribution in [1.29, 1.82) is 0 Å². The van der Waals surface area contributed by atoms with Gasteiger partial charge >= 0.3 is 0 Å². The Hall–Kier alpha value is -3.73. The fourth-order valence-corrected chi connectivity index (χ4v) is 5.28. The summed E-state index contributed by atoms with van der Waals surface area (Å²) >= 11 is 0. The zero-order valence-corrected chi connectivity index (χ0v) is 19.4. The Labute approximate surface area is 199 Å². The van der Waals surface area contributed by atoms with E-state index in [4.69, 9.17) is 14.2 Å². The molecule has 0 saturated heterocycles. The zero-order valence-electron chi connectivity index (χ0n) is 19.4. The van der Waals surface area contributed by atoms with Crippen molar-refractivity contribution in [2.75, 3.05) is 12.1 Å². The summed E-state index contributed by atoms with van der Waals surface area (Å²) in [4.78, 5) is 13.5. The molecule has 0 bridgehead atoms. The van der Waals surface area contributed by atoms with Crippen LogP contribution in [0.15, 0.2) is 78.0 Å². The number of carbonyl (C=O) groups is 1. The molecule has 5 heteroatoms. The topological polar surface area (TPSA) is 56.8 Å². The molecule has 0 amide bonds. The van der Waals surface area contributed by atoms with Crippen molar-refractivity contribution >= 4 is 11.5 Å². The maximum absolute atomic E-state index is 13.5. The predicted octanol–water partition coefficient (Wildman–Crippen LogP) is 6.19. The summed E-state index contributed by atoms with van der Waals surface area (Å²) in [5.74, 6) is 2.24. The van der Waals surface area contributed by atoms with Gasteiger partial charge in [0.1, 0.15) is 12.4 Å². The van der Waals surface area contributed by atoms with Gasteiger partial charge in [-0.25, -0.2) is 0 Å². The molecule has 5 nitrogen and oxygen atoms in total. The van der Waals surface area contributed by atoms with Crippen LogP contribution in [0.5, 0.6) is 17.2 Å². The number of allylic oxidation sites excluding steroid dienone is 2. The van der Waals surface area contributed by atoms with Crippen molar-refractivity contribution in [2.45, 2.75) is 39.2 Å². The van der Waals surface area contributed by atoms with Gasteiger partial charge in [0.15, 0.2) is 17.3 Å². The molecule has 0 spiro atoms. The number of hydrogen-bond acceptors (Lipinski definition) is 5. The minimum Gasteiger partial charge on any atom is -0.489 e. The van der Waals surface area contributed by atoms with E-state index in [0.717, 1.165) is 57.3 Å². The number of nitrogens with one attached hydrogen (secondary N) is 1. The molecule has 2 aliphatic heterocycles. The molecule has 34 heavy (non-hydrogen) atoms. The van der Waals surface area contributed by atoms with Crippen LogP contribution in [0.2, 0.25) is 0 Å². The summed E-state index contributed by atoms with van der Waals surface area (Å²) in [7, 11) is 0. The summed E-state index contributed by atoms with van der Waals surface area (Å²) in [6, 6.07) is 22.2. The number of fused-ring (bicyclic) bond motifs is 2. The predicted molar refractivity (Wildman–Crippen MR) is 130 cm³/mol. The van der Waals surface area contributed by atoms with Gasteiger partial charge in [-0.2, -0.15) is 0 Å². The maximum Gasteiger partial charge on any atom is 0.231 e. The van der Waals surface area contributed by atoms with Gasteiger partial charge in [0.2, 0.25) is 6.79 Å². The van der Waals surface area contributed by atoms with Crippen LogP contribution in [0.3, 0.4) is 0 Å². The van der Waals surface area contributed by atoms with Gasteiger partial charge in [0.25, 0.3) is 0 Å². The van der Waals surface area contributed by atoms with E-state index in [0.29, 0.717) is 13.0 Å². The Morgan fingerprint density at radius 3 is 2.59 bits per heavy atom. The fourth-order valence-electron chi connectivity index (χ4n) is 5.28. The first kappa shape index (κ1) is 20.8. The minimum atomic E-state index is -0.190. The van der Waals surface area contributed by atoms with Gasteiger partial charge in [-0.05, 0) is 46.7 Å². The van der Waals surface area contributed by atoms with Crippen molar-refractivity contribution in [3.8, 4) is 17.2 Å². The summed E-state index contributed by atoms with van der Waals surface area (Å²) in [5, 5.41) is 3.57. The highest BCUT2D eigenvalue weighted by Crippen LogP contribution is 2.52. The summed E-state index contributed by atoms with van der Waals surface area (Å²) in [5.41, 5.74) is 5.92. The average Bonchev–Trinajstić information content (AvgIpc) is 3.27. The first-order valence-electron chi connectivity index (χ1n) is 11.7. The summed E-state index contributed by atoms with van der Waals surface area (Å²) < 4.78 is 17.4. The molecule has 3 aromatic rings. The second kappa shape index (κ2) is 7.94. The summed E-state index contributed by atoms with van der Waals surface area (Å²) in [6.07, 6.45) is 1.36. The molecule has 0 fully saturated rings. The molecule has 3 aliphatic rings. The number of hydrogen-bond donors (Lipinski definition) is 1. The second-order valence-corrected chi connectivity index (χ2v) is 10.0. The molecule has 6 rings (SSSR count). The maximum atomic E-state index is 13.5. The molecular weight excluding hydrogens is 426 g/mol. The molecule has 1 aliphatic carbocycles. The lowest BCUT2D eigenvalue weighted by atomic mass is 9.68. The Balaban J connectivity index is 1.42. The van der Waals surface area contributed by atoms with Gasteiger partial charge in [0, 0.05) is 35.4 Å². The van der Waals surface area contributed by atoms with Gasteiger partial charge in [-0.1, -0.05) is 56.3 Å². The standard InChI is InChI=1S/C29H27NO4/c1-29(2)14-23-28(24(31)15-29)27(21-12-25-26(34-17-33-25)13-22(21)30-23)19-9-6-10-20(11-19)32-16-18-7-4-3-5-8-18/h3-13,27,30H,14-17H2,1-2H3. The zero-order chi connectivity index (χ0) is 23.3. The smallest absolute Gasteiger partial charge is 0.231 e. The molecule has 172 valence electrons. The quantitative estimate of drug-likeness (QED) is 0.510. The highest BCUT2D eigenvalue weighted by atomic mass is 16.7. The largest absolute Gasteiger partial charge is 0.489 e. The lowest BCUT2D eigenvalue weighted by Crippen LogP contribution is -2.33. The van der Waals surface area contributed by atoms with Crippen molar-refractivity contribution in [2.24, 2.45) is 5.41 Å². The van der Waals surface area contributed by atoms with Crippen molar-refractivity contribution in [1.82, 2.24) is 0 Å². The van der Waals surface area contributed by atoms with Gasteiger partial charge in [-0.15, -0.1) is 0 Å². The number of anilines is 1. The van der Waals surface area contributed by atoms with Crippen molar-refractivity contribution in [3.05, 3.63) is 94.7 Å². The van der Waals surface area contributed by atoms with Crippen LogP contribution in [0.1, 0.15) is 49.3 Å². The first-order valence-corrected chi connectivity index (χ1v) is 11.7. The van der Waals surface area contributed by atoms with E-state index in [2.05, 4.69) is 43.4 Å². The molecule has 1 N–H and O–H groups in total. The minimum absolute atomic E-state index is 0.0814. The number of ether oxygens (including phenoxy) is 3. The van der Waals surface area contributed by atoms with Crippen LogP contribution in [-0.4, -0.2) is 12.6 Å². The van der Waals surface area contributed by atoms with Crippen LogP contribution in [0, 0.1) is 5.41 Å². The summed E-state index contributed by atoms with van der Waals surface area (Å²) in [6.45, 7) is 5.01. The number of rotatable bonds is 4. The molecule has 0 aromatic heterocycles. The molecule has 1 atom stereocenters. The van der Waals surface area contributed by atoms with E-state index in [1.165, 1.54) is 0 Å². The molecule has 0 radical (unpaired) electrons. The third kappa shape index (κ3) is 3.71. The van der Waals surface area contributed by atoms with Crippen LogP contribution >= 0.6 is 0 Å². The highest BCUT2D eigenvalue weighted by Gasteiger charge is 2.41. The van der Waals surface area contributed by atoms with E-state index < -0.39 is 0 Å². The second-order valence-electron chi connectivity index (χ2n) is 10.0. The van der Waals surface area contributed by atoms with E-state index in [9.17, 15) is 4.79 Å². The number of benzene rings is 3. The van der Waals surface area contributed by atoms with Gasteiger partial charge in [-0.3, -0.25) is 4.79 Å². The van der Waals surface area contributed by atoms with Crippen molar-refractivity contribution in [3.63, 3.8) is 0 Å². The lowest BCUT2D eigenvalue weighted by molar-refractivity contribution is -0.118. The van der Waals surface area contributed by atoms with Crippen LogP contribution in [-0.2, 0) is 11.4 Å². The SMILES string of the molecule is CC1(C)CC(=O)C2=C(C1)Nc1cc3c(cc1C2c1cccc(OCc2ccccc2)c1)OCO3. The first-order chi connectivity index (χ1) is 16.5. The van der Waals surface area contributed by atoms with E-state index in [1.54, 1.807) is 0 Å².